The molecule has 21 heavy (non-hydrogen) atoms. The van der Waals surface area contributed by atoms with E-state index in [0.29, 0.717) is 30.2 Å². The van der Waals surface area contributed by atoms with E-state index in [9.17, 15) is 9.59 Å². The number of nitrogen functional groups attached to an aromatic ring is 1. The van der Waals surface area contributed by atoms with Gasteiger partial charge in [0.2, 0.25) is 0 Å². The zero-order chi connectivity index (χ0) is 15.2. The molecule has 1 fully saturated rings. The zero-order valence-corrected chi connectivity index (χ0v) is 12.1. The van der Waals surface area contributed by atoms with Gasteiger partial charge in [-0.2, -0.15) is 0 Å². The Labute approximate surface area is 123 Å². The Morgan fingerprint density at radius 3 is 2.76 bits per heavy atom. The van der Waals surface area contributed by atoms with E-state index in [1.807, 2.05) is 0 Å². The number of carbonyl (C=O) groups is 2. The number of amides is 1. The van der Waals surface area contributed by atoms with Gasteiger partial charge < -0.3 is 20.5 Å². The molecule has 3 N–H and O–H groups in total. The van der Waals surface area contributed by atoms with Crippen LogP contribution in [0, 0.1) is 0 Å². The van der Waals surface area contributed by atoms with Crippen LogP contribution < -0.4 is 15.8 Å². The lowest BCUT2D eigenvalue weighted by atomic mass is 10.1. The summed E-state index contributed by atoms with van der Waals surface area (Å²) in [4.78, 5) is 23.4. The van der Waals surface area contributed by atoms with Crippen LogP contribution in [0.15, 0.2) is 18.2 Å². The number of carbonyl (C=O) groups excluding carboxylic acids is 2. The van der Waals surface area contributed by atoms with Gasteiger partial charge in [0, 0.05) is 24.9 Å². The van der Waals surface area contributed by atoms with E-state index in [1.165, 1.54) is 6.92 Å². The standard InChI is InChI=1S/C15H20N2O4/c1-10(18)13-8-11(16)2-3-14(13)21-9-15(19)17-12-4-6-20-7-5-12/h2-3,8,12H,4-7,9,16H2,1H3,(H,17,19). The van der Waals surface area contributed by atoms with E-state index in [0.717, 1.165) is 12.8 Å². The molecule has 1 heterocycles. The number of rotatable bonds is 5. The third-order valence-corrected chi connectivity index (χ3v) is 3.33. The van der Waals surface area contributed by atoms with Gasteiger partial charge in [-0.3, -0.25) is 9.59 Å². The molecule has 6 heteroatoms. The molecule has 0 atom stereocenters. The number of nitrogens with two attached hydrogens (primary N) is 1. The summed E-state index contributed by atoms with van der Waals surface area (Å²) in [6.45, 7) is 2.64. The third kappa shape index (κ3) is 4.46. The molecule has 114 valence electrons. The molecular weight excluding hydrogens is 272 g/mol. The summed E-state index contributed by atoms with van der Waals surface area (Å²) in [5.74, 6) is 0.0224. The second kappa shape index (κ2) is 7.08. The summed E-state index contributed by atoms with van der Waals surface area (Å²) in [7, 11) is 0. The maximum Gasteiger partial charge on any atom is 0.258 e. The molecule has 0 unspecified atom stereocenters. The summed E-state index contributed by atoms with van der Waals surface area (Å²) in [6, 6.07) is 4.92. The van der Waals surface area contributed by atoms with Crippen LogP contribution in [-0.2, 0) is 9.53 Å². The molecule has 1 aliphatic heterocycles. The van der Waals surface area contributed by atoms with E-state index in [1.54, 1.807) is 18.2 Å². The van der Waals surface area contributed by atoms with Crippen molar-refractivity contribution in [2.24, 2.45) is 0 Å². The zero-order valence-electron chi connectivity index (χ0n) is 12.1. The molecule has 1 aromatic carbocycles. The lowest BCUT2D eigenvalue weighted by Gasteiger charge is -2.23. The summed E-state index contributed by atoms with van der Waals surface area (Å²) < 4.78 is 10.7. The van der Waals surface area contributed by atoms with Crippen LogP contribution in [0.5, 0.6) is 5.75 Å². The lowest BCUT2D eigenvalue weighted by Crippen LogP contribution is -2.41. The molecule has 0 spiro atoms. The number of Topliss-reactive ketones (excluding diaryl/α,β-unsaturated/α-hetero) is 1. The van der Waals surface area contributed by atoms with Crippen LogP contribution in [0.1, 0.15) is 30.1 Å². The second-order valence-electron chi connectivity index (χ2n) is 5.05. The second-order valence-corrected chi connectivity index (χ2v) is 5.05. The highest BCUT2D eigenvalue weighted by atomic mass is 16.5. The van der Waals surface area contributed by atoms with Gasteiger partial charge in [0.15, 0.2) is 12.4 Å². The number of hydrogen-bond donors (Lipinski definition) is 2. The molecule has 0 aromatic heterocycles. The van der Waals surface area contributed by atoms with Gasteiger partial charge in [-0.25, -0.2) is 0 Å². The fourth-order valence-electron chi connectivity index (χ4n) is 2.20. The van der Waals surface area contributed by atoms with Crippen LogP contribution in [0.25, 0.3) is 0 Å². The van der Waals surface area contributed by atoms with E-state index in [2.05, 4.69) is 5.32 Å². The van der Waals surface area contributed by atoms with E-state index in [-0.39, 0.29) is 24.3 Å². The molecule has 0 saturated carbocycles. The number of hydrogen-bond acceptors (Lipinski definition) is 5. The Morgan fingerprint density at radius 1 is 1.38 bits per heavy atom. The molecule has 1 aromatic rings. The molecule has 6 nitrogen and oxygen atoms in total. The fraction of sp³-hybridized carbons (Fsp3) is 0.467. The molecule has 0 bridgehead atoms. The average molecular weight is 292 g/mol. The molecule has 0 aliphatic carbocycles. The van der Waals surface area contributed by atoms with Crippen molar-refractivity contribution in [1.29, 1.82) is 0 Å². The van der Waals surface area contributed by atoms with Crippen molar-refractivity contribution in [1.82, 2.24) is 5.32 Å². The summed E-state index contributed by atoms with van der Waals surface area (Å²) in [5.41, 5.74) is 6.51. The predicted octanol–water partition coefficient (Wildman–Crippen LogP) is 1.15. The number of benzene rings is 1. The highest BCUT2D eigenvalue weighted by Crippen LogP contribution is 2.21. The first-order valence-corrected chi connectivity index (χ1v) is 6.96. The van der Waals surface area contributed by atoms with Gasteiger partial charge >= 0.3 is 0 Å². The van der Waals surface area contributed by atoms with Crippen molar-refractivity contribution in [3.05, 3.63) is 23.8 Å². The third-order valence-electron chi connectivity index (χ3n) is 3.33. The highest BCUT2D eigenvalue weighted by Gasteiger charge is 2.17. The minimum absolute atomic E-state index is 0.123. The molecule has 1 aliphatic rings. The van der Waals surface area contributed by atoms with E-state index < -0.39 is 0 Å². The monoisotopic (exact) mass is 292 g/mol. The van der Waals surface area contributed by atoms with Crippen LogP contribution in [0.4, 0.5) is 5.69 Å². The largest absolute Gasteiger partial charge is 0.483 e. The van der Waals surface area contributed by atoms with Crippen molar-refractivity contribution in [3.8, 4) is 5.75 Å². The van der Waals surface area contributed by atoms with Crippen molar-refractivity contribution >= 4 is 17.4 Å². The maximum atomic E-state index is 11.8. The SMILES string of the molecule is CC(=O)c1cc(N)ccc1OCC(=O)NC1CCOCC1. The first kappa shape index (κ1) is 15.3. The predicted molar refractivity (Wildman–Crippen MR) is 78.3 cm³/mol. The van der Waals surface area contributed by atoms with E-state index >= 15 is 0 Å². The minimum atomic E-state index is -0.201. The van der Waals surface area contributed by atoms with Gasteiger partial charge in [0.25, 0.3) is 5.91 Å². The first-order chi connectivity index (χ1) is 10.1. The Bertz CT molecular complexity index is 524. The summed E-state index contributed by atoms with van der Waals surface area (Å²) in [5, 5.41) is 2.90. The topological polar surface area (TPSA) is 90.7 Å². The molecule has 1 saturated heterocycles. The van der Waals surface area contributed by atoms with Gasteiger partial charge in [0.1, 0.15) is 5.75 Å². The number of ether oxygens (including phenoxy) is 2. The maximum absolute atomic E-state index is 11.8. The molecule has 0 radical (unpaired) electrons. The minimum Gasteiger partial charge on any atom is -0.483 e. The average Bonchev–Trinajstić information content (AvgIpc) is 2.47. The molecule has 2 rings (SSSR count). The Balaban J connectivity index is 1.90. The smallest absolute Gasteiger partial charge is 0.258 e. The fourth-order valence-corrected chi connectivity index (χ4v) is 2.20. The number of ketones is 1. The van der Waals surface area contributed by atoms with Crippen LogP contribution in [0.3, 0.4) is 0 Å². The van der Waals surface area contributed by atoms with Gasteiger partial charge in [0.05, 0.1) is 5.56 Å². The summed E-state index contributed by atoms with van der Waals surface area (Å²) >= 11 is 0. The Kier molecular flexibility index (Phi) is 5.16. The first-order valence-electron chi connectivity index (χ1n) is 6.96. The lowest BCUT2D eigenvalue weighted by molar-refractivity contribution is -0.124. The van der Waals surface area contributed by atoms with Crippen molar-refractivity contribution in [2.75, 3.05) is 25.6 Å². The van der Waals surface area contributed by atoms with Crippen molar-refractivity contribution in [3.63, 3.8) is 0 Å². The van der Waals surface area contributed by atoms with Gasteiger partial charge in [-0.15, -0.1) is 0 Å². The molecular formula is C15H20N2O4. The van der Waals surface area contributed by atoms with E-state index in [4.69, 9.17) is 15.2 Å². The van der Waals surface area contributed by atoms with Gasteiger partial charge in [-0.1, -0.05) is 0 Å². The number of nitrogens with one attached hydrogen (secondary N) is 1. The van der Waals surface area contributed by atoms with Crippen LogP contribution in [-0.4, -0.2) is 37.6 Å². The highest BCUT2D eigenvalue weighted by molar-refractivity contribution is 5.97. The van der Waals surface area contributed by atoms with Crippen molar-refractivity contribution in [2.45, 2.75) is 25.8 Å². The van der Waals surface area contributed by atoms with Crippen LogP contribution >= 0.6 is 0 Å². The quantitative estimate of drug-likeness (QED) is 0.627. The van der Waals surface area contributed by atoms with Crippen molar-refractivity contribution < 1.29 is 19.1 Å². The number of anilines is 1. The van der Waals surface area contributed by atoms with Gasteiger partial charge in [-0.05, 0) is 38.0 Å². The normalized spacial score (nSPS) is 15.5. The Hall–Kier alpha value is -2.08. The van der Waals surface area contributed by atoms with Crippen LogP contribution in [0.2, 0.25) is 0 Å². The molecule has 1 amide bonds. The summed E-state index contributed by atoms with van der Waals surface area (Å²) in [6.07, 6.45) is 1.62. The Morgan fingerprint density at radius 2 is 2.10 bits per heavy atom.